The summed E-state index contributed by atoms with van der Waals surface area (Å²) in [5.41, 5.74) is 0.643. The summed E-state index contributed by atoms with van der Waals surface area (Å²) in [4.78, 5) is 23.9. The Morgan fingerprint density at radius 2 is 1.69 bits per heavy atom. The molecule has 4 N–H and O–H groups in total. The molecule has 1 aliphatic rings. The first kappa shape index (κ1) is 24.8. The van der Waals surface area contributed by atoms with Crippen LogP contribution in [0.2, 0.25) is 0 Å². The molecule has 32 heavy (non-hydrogen) atoms. The van der Waals surface area contributed by atoms with Gasteiger partial charge in [-0.25, -0.2) is 0 Å². The topological polar surface area (TPSA) is 170 Å². The molecule has 1 aromatic heterocycles. The monoisotopic (exact) mass is 468 g/mol. The van der Waals surface area contributed by atoms with Crippen molar-refractivity contribution >= 4 is 16.9 Å². The van der Waals surface area contributed by atoms with Crippen LogP contribution in [-0.2, 0) is 9.53 Å². The van der Waals surface area contributed by atoms with E-state index in [0.717, 1.165) is 0 Å². The summed E-state index contributed by atoms with van der Waals surface area (Å²) in [5, 5.41) is 50.3. The summed E-state index contributed by atoms with van der Waals surface area (Å²) >= 11 is 0. The van der Waals surface area contributed by atoms with Crippen LogP contribution in [-0.4, -0.2) is 57.1 Å². The van der Waals surface area contributed by atoms with E-state index >= 15 is 0 Å². The van der Waals surface area contributed by atoms with Crippen LogP contribution in [0.3, 0.4) is 0 Å². The van der Waals surface area contributed by atoms with Gasteiger partial charge in [-0.15, -0.1) is 0 Å². The van der Waals surface area contributed by atoms with Gasteiger partial charge in [0.15, 0.2) is 5.43 Å². The first-order valence-corrected chi connectivity index (χ1v) is 9.18. The van der Waals surface area contributed by atoms with Gasteiger partial charge in [0, 0.05) is 6.07 Å². The molecule has 4 rings (SSSR count). The number of carboxylic acids is 1. The Bertz CT molecular complexity index is 1180. The maximum Gasteiger partial charge on any atom is 1.00 e. The Morgan fingerprint density at radius 1 is 1.00 bits per heavy atom. The molecule has 1 saturated heterocycles. The maximum absolute atomic E-state index is 12.8. The van der Waals surface area contributed by atoms with Gasteiger partial charge in [-0.2, -0.15) is 0 Å². The molecule has 0 spiro atoms. The first-order valence-electron chi connectivity index (χ1n) is 9.18. The molecule has 1 fully saturated rings. The number of aliphatic hydroxyl groups is 3. The normalized spacial score (nSPS) is 25.2. The number of rotatable bonds is 4. The zero-order valence-electron chi connectivity index (χ0n) is 16.7. The zero-order valence-corrected chi connectivity index (χ0v) is 19.9. The van der Waals surface area contributed by atoms with E-state index in [1.54, 1.807) is 12.1 Å². The Hall–Kier alpha value is -1.80. The summed E-state index contributed by atoms with van der Waals surface area (Å²) < 4.78 is 16.0. The minimum Gasteiger partial charge on any atom is -0.547 e. The summed E-state index contributed by atoms with van der Waals surface area (Å²) in [6.07, 6.45) is -7.76. The van der Waals surface area contributed by atoms with Crippen molar-refractivity contribution in [3.63, 3.8) is 0 Å². The maximum atomic E-state index is 12.8. The molecule has 10 nitrogen and oxygen atoms in total. The van der Waals surface area contributed by atoms with Crippen molar-refractivity contribution in [2.75, 3.05) is 0 Å². The molecule has 11 heteroatoms. The van der Waals surface area contributed by atoms with Gasteiger partial charge in [0.2, 0.25) is 6.29 Å². The van der Waals surface area contributed by atoms with E-state index in [2.05, 4.69) is 0 Å². The zero-order chi connectivity index (χ0) is 22.3. The third-order valence-electron chi connectivity index (χ3n) is 4.98. The van der Waals surface area contributed by atoms with Crippen molar-refractivity contribution < 1.29 is 95.6 Å². The molecule has 0 bridgehead atoms. The van der Waals surface area contributed by atoms with E-state index in [1.807, 2.05) is 0 Å². The summed E-state index contributed by atoms with van der Waals surface area (Å²) in [7, 11) is 0. The predicted octanol–water partition coefficient (Wildman–Crippen LogP) is -3.89. The molecule has 0 radical (unpaired) electrons. The van der Waals surface area contributed by atoms with Gasteiger partial charge in [0.1, 0.15) is 47.8 Å². The van der Waals surface area contributed by atoms with Gasteiger partial charge in [-0.3, -0.25) is 4.79 Å². The number of carbonyl (C=O) groups excluding carboxylic acids is 1. The molecular weight excluding hydrogens is 451 g/mol. The Labute approximate surface area is 223 Å². The van der Waals surface area contributed by atoms with E-state index < -0.39 is 36.7 Å². The minimum absolute atomic E-state index is 0. The number of carboxylic acid groups (broad SMARTS) is 1. The molecule has 0 saturated carbocycles. The number of benzene rings is 2. The van der Waals surface area contributed by atoms with Crippen LogP contribution >= 0.6 is 0 Å². The van der Waals surface area contributed by atoms with E-state index in [0.29, 0.717) is 5.56 Å². The van der Waals surface area contributed by atoms with Gasteiger partial charge in [0.25, 0.3) is 0 Å². The van der Waals surface area contributed by atoms with Gasteiger partial charge < -0.3 is 44.2 Å². The number of carbonyl (C=O) groups is 1. The molecule has 2 aromatic carbocycles. The predicted molar refractivity (Wildman–Crippen MR) is 102 cm³/mol. The van der Waals surface area contributed by atoms with Crippen molar-refractivity contribution in [1.29, 1.82) is 0 Å². The Kier molecular flexibility index (Phi) is 7.75. The largest absolute Gasteiger partial charge is 1.00 e. The van der Waals surface area contributed by atoms with Crippen LogP contribution in [0.15, 0.2) is 57.9 Å². The van der Waals surface area contributed by atoms with Crippen molar-refractivity contribution in [2.24, 2.45) is 0 Å². The molecule has 3 aromatic rings. The van der Waals surface area contributed by atoms with Crippen LogP contribution in [0.5, 0.6) is 11.5 Å². The fourth-order valence-electron chi connectivity index (χ4n) is 3.30. The van der Waals surface area contributed by atoms with Crippen LogP contribution in [0.25, 0.3) is 22.1 Å². The van der Waals surface area contributed by atoms with E-state index in [1.165, 1.54) is 36.6 Å². The number of ether oxygens (including phenoxy) is 2. The van der Waals surface area contributed by atoms with Crippen LogP contribution in [0.1, 0.15) is 0 Å². The smallest absolute Gasteiger partial charge is 0.547 e. The van der Waals surface area contributed by atoms with Crippen LogP contribution in [0.4, 0.5) is 0 Å². The second-order valence-electron chi connectivity index (χ2n) is 7.02. The molecule has 5 atom stereocenters. The standard InChI is InChI=1S/C21H18O10.K/c22-10-3-1-9(2-4-10)13-8-29-14-7-11(5-6-12(14)15(13)23)30-21-18(26)16(24)17(25)19(31-21)20(27)28;/h1-8,16-19,21-22,24-26H,(H,27,28);/q;+1/p-1/t16-,17-,18+,19-,21+;/m0./s1. The number of phenolic OH excluding ortho intramolecular Hbond substituents is 1. The molecule has 0 aliphatic carbocycles. The molecule has 162 valence electrons. The Morgan fingerprint density at radius 3 is 2.34 bits per heavy atom. The Balaban J connectivity index is 0.00000289. The SMILES string of the molecule is O=C([O-])[C@H]1O[C@@H](Oc2ccc3c(=O)c(-c4ccc(O)cc4)coc3c2)[C@H](O)[C@@H](O)[C@@H]1O.[K+]. The number of hydrogen-bond donors (Lipinski definition) is 4. The first-order chi connectivity index (χ1) is 14.8. The minimum atomic E-state index is -1.91. The number of phenols is 1. The second kappa shape index (κ2) is 9.99. The van der Waals surface area contributed by atoms with E-state index in [4.69, 9.17) is 13.9 Å². The average Bonchev–Trinajstić information content (AvgIpc) is 2.75. The average molecular weight is 468 g/mol. The van der Waals surface area contributed by atoms with Crippen LogP contribution in [0, 0.1) is 0 Å². The number of aliphatic hydroxyl groups excluding tert-OH is 3. The van der Waals surface area contributed by atoms with Gasteiger partial charge in [-0.1, -0.05) is 12.1 Å². The fraction of sp³-hybridized carbons (Fsp3) is 0.238. The van der Waals surface area contributed by atoms with Crippen molar-refractivity contribution in [1.82, 2.24) is 0 Å². The van der Waals surface area contributed by atoms with Gasteiger partial charge >= 0.3 is 51.4 Å². The number of hydrogen-bond acceptors (Lipinski definition) is 10. The van der Waals surface area contributed by atoms with Gasteiger partial charge in [-0.05, 0) is 29.8 Å². The molecule has 1 aliphatic heterocycles. The number of fused-ring (bicyclic) bond motifs is 1. The van der Waals surface area contributed by atoms with E-state index in [-0.39, 0.29) is 84.8 Å². The molecule has 0 amide bonds. The number of aliphatic carboxylic acids is 1. The second-order valence-corrected chi connectivity index (χ2v) is 7.02. The summed E-state index contributed by atoms with van der Waals surface area (Å²) in [5.74, 6) is -1.67. The quantitative estimate of drug-likeness (QED) is 0.278. The number of aromatic hydroxyl groups is 1. The summed E-state index contributed by atoms with van der Waals surface area (Å²) in [6, 6.07) is 10.1. The van der Waals surface area contributed by atoms with Crippen molar-refractivity contribution in [2.45, 2.75) is 30.7 Å². The third-order valence-corrected chi connectivity index (χ3v) is 4.98. The molecule has 2 heterocycles. The third kappa shape index (κ3) is 4.76. The summed E-state index contributed by atoms with van der Waals surface area (Å²) in [6.45, 7) is 0. The fourth-order valence-corrected chi connectivity index (χ4v) is 3.30. The van der Waals surface area contributed by atoms with Crippen LogP contribution < -0.4 is 66.7 Å². The van der Waals surface area contributed by atoms with Crippen molar-refractivity contribution in [3.8, 4) is 22.6 Å². The van der Waals surface area contributed by atoms with Gasteiger partial charge in [0.05, 0.1) is 16.9 Å². The molecular formula is C21H17KO10. The van der Waals surface area contributed by atoms with E-state index in [9.17, 15) is 35.1 Å². The van der Waals surface area contributed by atoms with Crippen molar-refractivity contribution in [3.05, 3.63) is 59.0 Å². The molecule has 0 unspecified atom stereocenters.